The first kappa shape index (κ1) is 18.5. The van der Waals surface area contributed by atoms with E-state index in [1.54, 1.807) is 24.0 Å². The quantitative estimate of drug-likeness (QED) is 0.779. The van der Waals surface area contributed by atoms with Crippen LogP contribution in [-0.2, 0) is 16.0 Å². The fourth-order valence-electron chi connectivity index (χ4n) is 2.47. The fourth-order valence-corrected chi connectivity index (χ4v) is 2.47. The highest BCUT2D eigenvalue weighted by Crippen LogP contribution is 2.13. The van der Waals surface area contributed by atoms with Crippen molar-refractivity contribution in [2.75, 3.05) is 32.1 Å². The van der Waals surface area contributed by atoms with Gasteiger partial charge in [-0.05, 0) is 36.2 Å². The molecule has 5 heteroatoms. The summed E-state index contributed by atoms with van der Waals surface area (Å²) >= 11 is 0. The summed E-state index contributed by atoms with van der Waals surface area (Å²) in [5, 5.41) is 0. The number of amides is 2. The lowest BCUT2D eigenvalue weighted by Crippen LogP contribution is -2.41. The van der Waals surface area contributed by atoms with E-state index in [0.29, 0.717) is 13.0 Å². The fraction of sp³-hybridized carbons (Fsp3) is 0.300. The molecule has 2 amide bonds. The second kappa shape index (κ2) is 8.87. The van der Waals surface area contributed by atoms with Gasteiger partial charge < -0.3 is 14.5 Å². The summed E-state index contributed by atoms with van der Waals surface area (Å²) in [6, 6.07) is 17.1. The van der Waals surface area contributed by atoms with E-state index in [-0.39, 0.29) is 18.4 Å². The molecule has 0 atom stereocenters. The van der Waals surface area contributed by atoms with E-state index in [9.17, 15) is 9.59 Å². The third kappa shape index (κ3) is 5.35. The highest BCUT2D eigenvalue weighted by atomic mass is 16.5. The van der Waals surface area contributed by atoms with E-state index in [1.807, 2.05) is 54.6 Å². The van der Waals surface area contributed by atoms with E-state index in [0.717, 1.165) is 17.0 Å². The molecule has 0 aliphatic heterocycles. The summed E-state index contributed by atoms with van der Waals surface area (Å²) in [6.45, 7) is 2.05. The number of rotatable bonds is 7. The normalized spacial score (nSPS) is 10.2. The lowest BCUT2D eigenvalue weighted by Gasteiger charge is -2.24. The van der Waals surface area contributed by atoms with Gasteiger partial charge >= 0.3 is 0 Å². The molecule has 0 fully saturated rings. The number of anilines is 1. The standard InChI is InChI=1S/C20H24N2O3/c1-16(23)22(14-13-17-9-11-19(25-3)12-10-17)15-20(24)21(2)18-7-5-4-6-8-18/h4-12H,13-15H2,1-3H3. The summed E-state index contributed by atoms with van der Waals surface area (Å²) in [5.74, 6) is 0.575. The summed E-state index contributed by atoms with van der Waals surface area (Å²) in [6.07, 6.45) is 0.686. The van der Waals surface area contributed by atoms with Crippen LogP contribution in [0.25, 0.3) is 0 Å². The molecule has 0 saturated heterocycles. The Hall–Kier alpha value is -2.82. The van der Waals surface area contributed by atoms with Crippen molar-refractivity contribution in [1.29, 1.82) is 0 Å². The van der Waals surface area contributed by atoms with Gasteiger partial charge in [0.15, 0.2) is 0 Å². The molecule has 0 unspecified atom stereocenters. The minimum Gasteiger partial charge on any atom is -0.497 e. The zero-order valence-corrected chi connectivity index (χ0v) is 14.9. The van der Waals surface area contributed by atoms with Crippen LogP contribution in [0.3, 0.4) is 0 Å². The van der Waals surface area contributed by atoms with Gasteiger partial charge in [-0.1, -0.05) is 30.3 Å². The number of nitrogens with zero attached hydrogens (tertiary/aromatic N) is 2. The van der Waals surface area contributed by atoms with Gasteiger partial charge in [0.2, 0.25) is 11.8 Å². The summed E-state index contributed by atoms with van der Waals surface area (Å²) in [7, 11) is 3.35. The summed E-state index contributed by atoms with van der Waals surface area (Å²) in [4.78, 5) is 27.5. The maximum atomic E-state index is 12.5. The van der Waals surface area contributed by atoms with Crippen LogP contribution in [0.2, 0.25) is 0 Å². The molecule has 2 aromatic rings. The molecule has 0 bridgehead atoms. The molecule has 2 rings (SSSR count). The molecular weight excluding hydrogens is 316 g/mol. The molecule has 132 valence electrons. The van der Waals surface area contributed by atoms with Gasteiger partial charge in [-0.3, -0.25) is 9.59 Å². The van der Waals surface area contributed by atoms with Crippen molar-refractivity contribution in [3.63, 3.8) is 0 Å². The highest BCUT2D eigenvalue weighted by Gasteiger charge is 2.17. The Morgan fingerprint density at radius 2 is 1.64 bits per heavy atom. The largest absolute Gasteiger partial charge is 0.497 e. The van der Waals surface area contributed by atoms with Crippen molar-refractivity contribution in [3.05, 3.63) is 60.2 Å². The van der Waals surface area contributed by atoms with Crippen molar-refractivity contribution in [2.45, 2.75) is 13.3 Å². The first-order valence-corrected chi connectivity index (χ1v) is 8.21. The number of methoxy groups -OCH3 is 1. The van der Waals surface area contributed by atoms with Gasteiger partial charge in [-0.25, -0.2) is 0 Å². The molecule has 0 radical (unpaired) electrons. The van der Waals surface area contributed by atoms with Crippen molar-refractivity contribution >= 4 is 17.5 Å². The molecule has 0 aromatic heterocycles. The Labute approximate surface area is 148 Å². The molecule has 0 N–H and O–H groups in total. The smallest absolute Gasteiger partial charge is 0.246 e. The molecule has 0 heterocycles. The van der Waals surface area contributed by atoms with Crippen LogP contribution in [0, 0.1) is 0 Å². The number of carbonyl (C=O) groups is 2. The summed E-state index contributed by atoms with van der Waals surface area (Å²) < 4.78 is 5.14. The lowest BCUT2D eigenvalue weighted by atomic mass is 10.1. The highest BCUT2D eigenvalue weighted by molar-refractivity contribution is 5.96. The van der Waals surface area contributed by atoms with Crippen molar-refractivity contribution in [3.8, 4) is 5.75 Å². The van der Waals surface area contributed by atoms with Gasteiger partial charge in [0.05, 0.1) is 7.11 Å². The van der Waals surface area contributed by atoms with E-state index in [2.05, 4.69) is 0 Å². The third-order valence-electron chi connectivity index (χ3n) is 4.12. The zero-order valence-electron chi connectivity index (χ0n) is 14.9. The lowest BCUT2D eigenvalue weighted by molar-refractivity contribution is -0.133. The number of benzene rings is 2. The molecule has 5 nitrogen and oxygen atoms in total. The first-order chi connectivity index (χ1) is 12.0. The van der Waals surface area contributed by atoms with E-state index < -0.39 is 0 Å². The van der Waals surface area contributed by atoms with Crippen LogP contribution in [0.15, 0.2) is 54.6 Å². The predicted molar refractivity (Wildman–Crippen MR) is 98.8 cm³/mol. The molecule has 2 aromatic carbocycles. The third-order valence-corrected chi connectivity index (χ3v) is 4.12. The Morgan fingerprint density at radius 3 is 2.20 bits per heavy atom. The maximum absolute atomic E-state index is 12.5. The van der Waals surface area contributed by atoms with E-state index in [4.69, 9.17) is 4.74 Å². The van der Waals surface area contributed by atoms with E-state index in [1.165, 1.54) is 6.92 Å². The van der Waals surface area contributed by atoms with Gasteiger partial charge in [-0.15, -0.1) is 0 Å². The average Bonchev–Trinajstić information content (AvgIpc) is 2.65. The molecule has 0 aliphatic rings. The Morgan fingerprint density at radius 1 is 1.00 bits per heavy atom. The Kier molecular flexibility index (Phi) is 6.57. The van der Waals surface area contributed by atoms with Gasteiger partial charge in [-0.2, -0.15) is 0 Å². The SMILES string of the molecule is COc1ccc(CCN(CC(=O)N(C)c2ccccc2)C(C)=O)cc1. The van der Waals surface area contributed by atoms with Gasteiger partial charge in [0, 0.05) is 26.2 Å². The number of likely N-dealkylation sites (N-methyl/N-ethyl adjacent to an activating group) is 1. The molecule has 0 saturated carbocycles. The predicted octanol–water partition coefficient (Wildman–Crippen LogP) is 2.75. The minimum absolute atomic E-state index is 0.0664. The first-order valence-electron chi connectivity index (χ1n) is 8.21. The van der Waals surface area contributed by atoms with Crippen molar-refractivity contribution < 1.29 is 14.3 Å². The molecule has 25 heavy (non-hydrogen) atoms. The number of hydrogen-bond donors (Lipinski definition) is 0. The maximum Gasteiger partial charge on any atom is 0.246 e. The summed E-state index contributed by atoms with van der Waals surface area (Å²) in [5.41, 5.74) is 1.90. The molecule has 0 spiro atoms. The monoisotopic (exact) mass is 340 g/mol. The van der Waals surface area contributed by atoms with Crippen LogP contribution in [-0.4, -0.2) is 44.0 Å². The minimum atomic E-state index is -0.115. The topological polar surface area (TPSA) is 49.9 Å². The van der Waals surface area contributed by atoms with Crippen LogP contribution >= 0.6 is 0 Å². The van der Waals surface area contributed by atoms with Gasteiger partial charge in [0.25, 0.3) is 0 Å². The average molecular weight is 340 g/mol. The van der Waals surface area contributed by atoms with Gasteiger partial charge in [0.1, 0.15) is 12.3 Å². The van der Waals surface area contributed by atoms with Crippen LogP contribution in [0.4, 0.5) is 5.69 Å². The van der Waals surface area contributed by atoms with Crippen molar-refractivity contribution in [2.24, 2.45) is 0 Å². The Bertz CT molecular complexity index is 699. The number of para-hydroxylation sites is 1. The second-order valence-corrected chi connectivity index (χ2v) is 5.83. The van der Waals surface area contributed by atoms with Crippen LogP contribution in [0.1, 0.15) is 12.5 Å². The number of ether oxygens (including phenoxy) is 1. The van der Waals surface area contributed by atoms with E-state index >= 15 is 0 Å². The van der Waals surface area contributed by atoms with Crippen LogP contribution < -0.4 is 9.64 Å². The zero-order chi connectivity index (χ0) is 18.2. The van der Waals surface area contributed by atoms with Crippen LogP contribution in [0.5, 0.6) is 5.75 Å². The molecule has 0 aliphatic carbocycles. The number of carbonyl (C=O) groups excluding carboxylic acids is 2. The van der Waals surface area contributed by atoms with Crippen molar-refractivity contribution in [1.82, 2.24) is 4.90 Å². The molecular formula is C20H24N2O3. The second-order valence-electron chi connectivity index (χ2n) is 5.83. The Balaban J connectivity index is 1.95. The number of hydrogen-bond acceptors (Lipinski definition) is 3.